The van der Waals surface area contributed by atoms with Crippen LogP contribution in [0.3, 0.4) is 0 Å². The molecule has 10 heteroatoms. The number of carbonyl (C=O) groups excluding carboxylic acids is 2. The fourth-order valence-electron chi connectivity index (χ4n) is 3.10. The highest BCUT2D eigenvalue weighted by atomic mass is 35.5. The molecule has 0 aromatic heterocycles. The molecule has 0 spiro atoms. The van der Waals surface area contributed by atoms with Gasteiger partial charge in [0.05, 0.1) is 12.5 Å². The molecule has 0 aliphatic carbocycles. The molecule has 3 N–H and O–H groups in total. The summed E-state index contributed by atoms with van der Waals surface area (Å²) in [4.78, 5) is 25.0. The molecule has 2 atom stereocenters. The zero-order chi connectivity index (χ0) is 19.9. The van der Waals surface area contributed by atoms with Crippen molar-refractivity contribution in [2.75, 3.05) is 32.7 Å². The van der Waals surface area contributed by atoms with Gasteiger partial charge in [-0.15, -0.1) is 12.4 Å². The Labute approximate surface area is 168 Å². The number of piperazine rings is 1. The summed E-state index contributed by atoms with van der Waals surface area (Å²) in [6.07, 6.45) is -4.56. The molecular formula is C18H26ClF3N4O2. The first-order chi connectivity index (χ1) is 12.8. The van der Waals surface area contributed by atoms with Crippen LogP contribution in [0.25, 0.3) is 0 Å². The number of hydrogen-bond donors (Lipinski definition) is 3. The van der Waals surface area contributed by atoms with E-state index in [1.165, 1.54) is 11.8 Å². The molecule has 28 heavy (non-hydrogen) atoms. The van der Waals surface area contributed by atoms with E-state index < -0.39 is 30.7 Å². The summed E-state index contributed by atoms with van der Waals surface area (Å²) < 4.78 is 40.2. The molecule has 1 aromatic rings. The molecular weight excluding hydrogens is 397 g/mol. The van der Waals surface area contributed by atoms with Gasteiger partial charge in [-0.1, -0.05) is 30.3 Å². The molecule has 2 amide bonds. The van der Waals surface area contributed by atoms with Crippen molar-refractivity contribution in [1.29, 1.82) is 0 Å². The topological polar surface area (TPSA) is 73.5 Å². The first-order valence-electron chi connectivity index (χ1n) is 8.87. The van der Waals surface area contributed by atoms with Gasteiger partial charge in [0.25, 0.3) is 0 Å². The highest BCUT2D eigenvalue weighted by molar-refractivity contribution is 5.85. The molecule has 158 valence electrons. The Hall–Kier alpha value is -1.84. The summed E-state index contributed by atoms with van der Waals surface area (Å²) in [6.45, 7) is 2.34. The lowest BCUT2D eigenvalue weighted by Gasteiger charge is -2.36. The molecule has 2 unspecified atom stereocenters. The van der Waals surface area contributed by atoms with Crippen LogP contribution < -0.4 is 16.0 Å². The summed E-state index contributed by atoms with van der Waals surface area (Å²) >= 11 is 0. The van der Waals surface area contributed by atoms with Gasteiger partial charge in [0.2, 0.25) is 11.8 Å². The van der Waals surface area contributed by atoms with Crippen LogP contribution in [-0.2, 0) is 9.59 Å². The van der Waals surface area contributed by atoms with Gasteiger partial charge in [-0.2, -0.15) is 13.2 Å². The van der Waals surface area contributed by atoms with E-state index in [2.05, 4.69) is 16.0 Å². The molecule has 0 bridgehead atoms. The largest absolute Gasteiger partial charge is 0.405 e. The minimum Gasteiger partial charge on any atom is -0.354 e. The maximum atomic E-state index is 13.4. The molecule has 1 heterocycles. The third kappa shape index (κ3) is 7.65. The second-order valence-corrected chi connectivity index (χ2v) is 6.52. The normalized spacial score (nSPS) is 17.1. The molecule has 1 fully saturated rings. The molecule has 1 saturated heterocycles. The van der Waals surface area contributed by atoms with Gasteiger partial charge in [0, 0.05) is 39.6 Å². The van der Waals surface area contributed by atoms with Crippen LogP contribution in [0.5, 0.6) is 0 Å². The predicted molar refractivity (Wildman–Crippen MR) is 102 cm³/mol. The zero-order valence-corrected chi connectivity index (χ0v) is 16.4. The molecule has 1 aliphatic rings. The molecule has 0 radical (unpaired) electrons. The average molecular weight is 423 g/mol. The Balaban J connectivity index is 0.00000392. The summed E-state index contributed by atoms with van der Waals surface area (Å²) in [6, 6.07) is 6.54. The monoisotopic (exact) mass is 422 g/mol. The standard InChI is InChI=1S/C18H25F3N4O2.ClH/c1-13(26)24-15(14-5-3-2-4-6-14)11-17(27)23-12-16(18(19,20)21)25-9-7-22-8-10-25;/h2-6,15-16,22H,7-12H2,1H3,(H,23,27)(H,24,26);1H. The smallest absolute Gasteiger partial charge is 0.354 e. The van der Waals surface area contributed by atoms with E-state index in [0.717, 1.165) is 5.56 Å². The second-order valence-electron chi connectivity index (χ2n) is 6.52. The van der Waals surface area contributed by atoms with Crippen LogP contribution in [-0.4, -0.2) is 61.7 Å². The summed E-state index contributed by atoms with van der Waals surface area (Å²) in [7, 11) is 0. The van der Waals surface area contributed by atoms with Gasteiger partial charge >= 0.3 is 6.18 Å². The first kappa shape index (κ1) is 24.2. The van der Waals surface area contributed by atoms with Crippen LogP contribution in [0.15, 0.2) is 30.3 Å². The fourth-order valence-corrected chi connectivity index (χ4v) is 3.10. The lowest BCUT2D eigenvalue weighted by atomic mass is 10.0. The summed E-state index contributed by atoms with van der Waals surface area (Å²) in [5.41, 5.74) is 0.720. The number of amides is 2. The Bertz CT molecular complexity index is 625. The Morgan fingerprint density at radius 3 is 2.32 bits per heavy atom. The van der Waals surface area contributed by atoms with Gasteiger partial charge in [0.15, 0.2) is 0 Å². The maximum Gasteiger partial charge on any atom is 0.405 e. The molecule has 1 aromatic carbocycles. The zero-order valence-electron chi connectivity index (χ0n) is 15.6. The van der Waals surface area contributed by atoms with Gasteiger partial charge < -0.3 is 16.0 Å². The van der Waals surface area contributed by atoms with Crippen molar-refractivity contribution >= 4 is 24.2 Å². The highest BCUT2D eigenvalue weighted by Gasteiger charge is 2.43. The quantitative estimate of drug-likeness (QED) is 0.624. The maximum absolute atomic E-state index is 13.4. The Morgan fingerprint density at radius 2 is 1.79 bits per heavy atom. The van der Waals surface area contributed by atoms with Crippen LogP contribution in [0.2, 0.25) is 0 Å². The minimum absolute atomic E-state index is 0. The number of nitrogens with one attached hydrogen (secondary N) is 3. The number of nitrogens with zero attached hydrogens (tertiary/aromatic N) is 1. The van der Waals surface area contributed by atoms with Gasteiger partial charge in [-0.05, 0) is 5.56 Å². The average Bonchev–Trinajstić information content (AvgIpc) is 2.61. The number of rotatable bonds is 7. The predicted octanol–water partition coefficient (Wildman–Crippen LogP) is 1.63. The van der Waals surface area contributed by atoms with E-state index in [9.17, 15) is 22.8 Å². The van der Waals surface area contributed by atoms with E-state index in [1.54, 1.807) is 30.3 Å². The van der Waals surface area contributed by atoms with Crippen molar-refractivity contribution in [1.82, 2.24) is 20.9 Å². The lowest BCUT2D eigenvalue weighted by molar-refractivity contribution is -0.184. The highest BCUT2D eigenvalue weighted by Crippen LogP contribution is 2.25. The molecule has 2 rings (SSSR count). The van der Waals surface area contributed by atoms with Gasteiger partial charge in [-0.25, -0.2) is 0 Å². The fraction of sp³-hybridized carbons (Fsp3) is 0.556. The minimum atomic E-state index is -4.43. The number of halogens is 4. The molecule has 6 nitrogen and oxygen atoms in total. The summed E-state index contributed by atoms with van der Waals surface area (Å²) in [5, 5.41) is 8.07. The van der Waals surface area contributed by atoms with Crippen molar-refractivity contribution in [3.8, 4) is 0 Å². The van der Waals surface area contributed by atoms with E-state index in [1.807, 2.05) is 0 Å². The number of benzene rings is 1. The van der Waals surface area contributed by atoms with Crippen molar-refractivity contribution in [2.45, 2.75) is 31.6 Å². The third-order valence-electron chi connectivity index (χ3n) is 4.43. The first-order valence-corrected chi connectivity index (χ1v) is 8.87. The van der Waals surface area contributed by atoms with Crippen molar-refractivity contribution in [2.24, 2.45) is 0 Å². The van der Waals surface area contributed by atoms with Gasteiger partial charge in [0.1, 0.15) is 6.04 Å². The Kier molecular flexibility index (Phi) is 9.71. The number of hydrogen-bond acceptors (Lipinski definition) is 4. The van der Waals surface area contributed by atoms with E-state index in [-0.39, 0.29) is 37.8 Å². The van der Waals surface area contributed by atoms with Crippen molar-refractivity contribution < 1.29 is 22.8 Å². The SMILES string of the molecule is CC(=O)NC(CC(=O)NCC(N1CCNCC1)C(F)(F)F)c1ccccc1.Cl. The third-order valence-corrected chi connectivity index (χ3v) is 4.43. The van der Waals surface area contributed by atoms with Crippen LogP contribution in [0.4, 0.5) is 13.2 Å². The van der Waals surface area contributed by atoms with E-state index in [0.29, 0.717) is 13.1 Å². The van der Waals surface area contributed by atoms with Crippen molar-refractivity contribution in [3.63, 3.8) is 0 Å². The second kappa shape index (κ2) is 11.2. The van der Waals surface area contributed by atoms with Gasteiger partial charge in [-0.3, -0.25) is 14.5 Å². The molecule has 0 saturated carbocycles. The van der Waals surface area contributed by atoms with Crippen LogP contribution in [0, 0.1) is 0 Å². The number of alkyl halides is 3. The molecule has 1 aliphatic heterocycles. The lowest BCUT2D eigenvalue weighted by Crippen LogP contribution is -2.57. The summed E-state index contributed by atoms with van der Waals surface area (Å²) in [5.74, 6) is -0.854. The Morgan fingerprint density at radius 1 is 1.18 bits per heavy atom. The van der Waals surface area contributed by atoms with E-state index in [4.69, 9.17) is 0 Å². The van der Waals surface area contributed by atoms with Crippen LogP contribution >= 0.6 is 12.4 Å². The van der Waals surface area contributed by atoms with Crippen molar-refractivity contribution in [3.05, 3.63) is 35.9 Å². The number of carbonyl (C=O) groups is 2. The van der Waals surface area contributed by atoms with Crippen LogP contribution in [0.1, 0.15) is 24.9 Å². The van der Waals surface area contributed by atoms with E-state index >= 15 is 0 Å².